The molecule has 0 saturated heterocycles. The third-order valence-electron chi connectivity index (χ3n) is 3.68. The van der Waals surface area contributed by atoms with Crippen molar-refractivity contribution >= 4 is 11.9 Å². The van der Waals surface area contributed by atoms with E-state index < -0.39 is 11.9 Å². The number of esters is 2. The summed E-state index contributed by atoms with van der Waals surface area (Å²) < 4.78 is 15.4. The SMILES string of the molecule is CCOC(=O)c1n[nH]nc1-c1ccc(OC(=O)c2ccc(OC)cc2)cc1. The van der Waals surface area contributed by atoms with Gasteiger partial charge in [0.05, 0.1) is 19.3 Å². The van der Waals surface area contributed by atoms with Crippen LogP contribution in [-0.4, -0.2) is 41.1 Å². The quantitative estimate of drug-likeness (QED) is 0.528. The van der Waals surface area contributed by atoms with Gasteiger partial charge >= 0.3 is 11.9 Å². The van der Waals surface area contributed by atoms with Crippen LogP contribution in [0, 0.1) is 0 Å². The van der Waals surface area contributed by atoms with E-state index in [9.17, 15) is 9.59 Å². The largest absolute Gasteiger partial charge is 0.497 e. The molecule has 8 heteroatoms. The minimum absolute atomic E-state index is 0.0971. The van der Waals surface area contributed by atoms with E-state index in [1.165, 1.54) is 0 Å². The molecule has 0 spiro atoms. The molecular formula is C19H17N3O5. The number of nitrogens with zero attached hydrogens (tertiary/aromatic N) is 2. The van der Waals surface area contributed by atoms with E-state index in [-0.39, 0.29) is 12.3 Å². The number of hydrogen-bond donors (Lipinski definition) is 1. The Morgan fingerprint density at radius 1 is 0.926 bits per heavy atom. The number of carbonyl (C=O) groups excluding carboxylic acids is 2. The van der Waals surface area contributed by atoms with Crippen LogP contribution in [0.5, 0.6) is 11.5 Å². The van der Waals surface area contributed by atoms with Crippen molar-refractivity contribution in [3.05, 3.63) is 59.8 Å². The summed E-state index contributed by atoms with van der Waals surface area (Å²) in [5.41, 5.74) is 1.50. The molecule has 1 aromatic heterocycles. The number of rotatable bonds is 6. The van der Waals surface area contributed by atoms with Gasteiger partial charge in [-0.15, -0.1) is 5.10 Å². The number of aromatic nitrogens is 3. The Kier molecular flexibility index (Phi) is 5.46. The highest BCUT2D eigenvalue weighted by Crippen LogP contribution is 2.24. The van der Waals surface area contributed by atoms with E-state index in [0.717, 1.165) is 0 Å². The molecule has 8 nitrogen and oxygen atoms in total. The molecule has 3 aromatic rings. The van der Waals surface area contributed by atoms with E-state index in [0.29, 0.717) is 28.3 Å². The predicted octanol–water partition coefficient (Wildman–Crippen LogP) is 2.88. The third kappa shape index (κ3) is 4.12. The van der Waals surface area contributed by atoms with E-state index in [1.54, 1.807) is 62.6 Å². The van der Waals surface area contributed by atoms with Gasteiger partial charge in [0.15, 0.2) is 5.69 Å². The monoisotopic (exact) mass is 367 g/mol. The van der Waals surface area contributed by atoms with Gasteiger partial charge < -0.3 is 14.2 Å². The van der Waals surface area contributed by atoms with Crippen molar-refractivity contribution in [2.75, 3.05) is 13.7 Å². The van der Waals surface area contributed by atoms with Crippen molar-refractivity contribution in [3.8, 4) is 22.8 Å². The van der Waals surface area contributed by atoms with Crippen LogP contribution in [0.15, 0.2) is 48.5 Å². The second-order valence-electron chi connectivity index (χ2n) is 5.38. The molecule has 1 heterocycles. The van der Waals surface area contributed by atoms with E-state index >= 15 is 0 Å². The fraction of sp³-hybridized carbons (Fsp3) is 0.158. The van der Waals surface area contributed by atoms with E-state index in [1.807, 2.05) is 0 Å². The molecule has 0 radical (unpaired) electrons. The summed E-state index contributed by atoms with van der Waals surface area (Å²) in [7, 11) is 1.55. The first kappa shape index (κ1) is 18.1. The van der Waals surface area contributed by atoms with E-state index in [4.69, 9.17) is 14.2 Å². The smallest absolute Gasteiger partial charge is 0.361 e. The summed E-state index contributed by atoms with van der Waals surface area (Å²) in [5.74, 6) is -0.0306. The standard InChI is InChI=1S/C19H17N3O5/c1-3-26-19(24)17-16(20-22-21-17)12-4-10-15(11-5-12)27-18(23)13-6-8-14(25-2)9-7-13/h4-11H,3H2,1-2H3,(H,20,21,22). The average molecular weight is 367 g/mol. The molecule has 0 amide bonds. The number of carbonyl (C=O) groups is 2. The summed E-state index contributed by atoms with van der Waals surface area (Å²) in [6, 6.07) is 13.2. The van der Waals surface area contributed by atoms with Crippen LogP contribution in [0.4, 0.5) is 0 Å². The van der Waals surface area contributed by atoms with Crippen molar-refractivity contribution in [1.29, 1.82) is 0 Å². The number of ether oxygens (including phenoxy) is 3. The normalized spacial score (nSPS) is 10.3. The zero-order valence-corrected chi connectivity index (χ0v) is 14.8. The molecule has 0 aliphatic carbocycles. The van der Waals surface area contributed by atoms with Crippen LogP contribution < -0.4 is 9.47 Å². The highest BCUT2D eigenvalue weighted by atomic mass is 16.5. The number of nitrogens with one attached hydrogen (secondary N) is 1. The maximum atomic E-state index is 12.2. The Balaban J connectivity index is 1.73. The Labute approximate surface area is 155 Å². The molecule has 0 aliphatic rings. The van der Waals surface area contributed by atoms with Gasteiger partial charge in [0, 0.05) is 5.56 Å². The van der Waals surface area contributed by atoms with Crippen molar-refractivity contribution in [2.45, 2.75) is 6.92 Å². The van der Waals surface area contributed by atoms with Gasteiger partial charge in [-0.2, -0.15) is 10.3 Å². The molecule has 0 saturated carbocycles. The van der Waals surface area contributed by atoms with Crippen LogP contribution in [0.25, 0.3) is 11.3 Å². The van der Waals surface area contributed by atoms with Crippen LogP contribution in [0.1, 0.15) is 27.8 Å². The summed E-state index contributed by atoms with van der Waals surface area (Å²) >= 11 is 0. The second-order valence-corrected chi connectivity index (χ2v) is 5.38. The first-order valence-electron chi connectivity index (χ1n) is 8.17. The van der Waals surface area contributed by atoms with Gasteiger partial charge in [-0.05, 0) is 55.5 Å². The van der Waals surface area contributed by atoms with Crippen molar-refractivity contribution in [2.24, 2.45) is 0 Å². The fourth-order valence-electron chi connectivity index (χ4n) is 2.35. The summed E-state index contributed by atoms with van der Waals surface area (Å²) in [6.07, 6.45) is 0. The second kappa shape index (κ2) is 8.13. The molecule has 0 atom stereocenters. The third-order valence-corrected chi connectivity index (χ3v) is 3.68. The minimum Gasteiger partial charge on any atom is -0.497 e. The maximum Gasteiger partial charge on any atom is 0.361 e. The predicted molar refractivity (Wildman–Crippen MR) is 95.7 cm³/mol. The lowest BCUT2D eigenvalue weighted by Crippen LogP contribution is -2.08. The molecule has 3 rings (SSSR count). The molecule has 0 unspecified atom stereocenters. The molecule has 0 bridgehead atoms. The zero-order chi connectivity index (χ0) is 19.2. The van der Waals surface area contributed by atoms with Crippen molar-refractivity contribution in [3.63, 3.8) is 0 Å². The number of H-pyrrole nitrogens is 1. The maximum absolute atomic E-state index is 12.2. The molecule has 0 fully saturated rings. The molecular weight excluding hydrogens is 350 g/mol. The molecule has 0 aliphatic heterocycles. The van der Waals surface area contributed by atoms with Gasteiger partial charge in [0.2, 0.25) is 0 Å². The van der Waals surface area contributed by atoms with Crippen molar-refractivity contribution in [1.82, 2.24) is 15.4 Å². The first-order valence-corrected chi connectivity index (χ1v) is 8.17. The lowest BCUT2D eigenvalue weighted by molar-refractivity contribution is 0.0520. The van der Waals surface area contributed by atoms with Gasteiger partial charge in [-0.25, -0.2) is 9.59 Å². The highest BCUT2D eigenvalue weighted by Gasteiger charge is 2.19. The number of benzene rings is 2. The molecule has 27 heavy (non-hydrogen) atoms. The Bertz CT molecular complexity index is 933. The van der Waals surface area contributed by atoms with Gasteiger partial charge in [-0.1, -0.05) is 0 Å². The summed E-state index contributed by atoms with van der Waals surface area (Å²) in [6.45, 7) is 1.95. The van der Waals surface area contributed by atoms with Crippen molar-refractivity contribution < 1.29 is 23.8 Å². The molecule has 1 N–H and O–H groups in total. The van der Waals surface area contributed by atoms with Crippen LogP contribution in [0.2, 0.25) is 0 Å². The topological polar surface area (TPSA) is 103 Å². The molecule has 2 aromatic carbocycles. The highest BCUT2D eigenvalue weighted by molar-refractivity contribution is 5.94. The van der Waals surface area contributed by atoms with Gasteiger partial charge in [0.25, 0.3) is 0 Å². The van der Waals surface area contributed by atoms with Crippen LogP contribution >= 0.6 is 0 Å². The Hall–Kier alpha value is -3.68. The summed E-state index contributed by atoms with van der Waals surface area (Å²) in [5, 5.41) is 10.2. The van der Waals surface area contributed by atoms with Crippen LogP contribution in [0.3, 0.4) is 0 Å². The molecule has 138 valence electrons. The zero-order valence-electron chi connectivity index (χ0n) is 14.8. The first-order chi connectivity index (χ1) is 13.1. The lowest BCUT2D eigenvalue weighted by atomic mass is 10.1. The number of hydrogen-bond acceptors (Lipinski definition) is 7. The fourth-order valence-corrected chi connectivity index (χ4v) is 2.35. The van der Waals surface area contributed by atoms with Gasteiger partial charge in [-0.3, -0.25) is 0 Å². The Morgan fingerprint density at radius 2 is 1.59 bits per heavy atom. The minimum atomic E-state index is -0.559. The summed E-state index contributed by atoms with van der Waals surface area (Å²) in [4.78, 5) is 24.1. The van der Waals surface area contributed by atoms with E-state index in [2.05, 4.69) is 15.4 Å². The average Bonchev–Trinajstić information content (AvgIpc) is 3.19. The van der Waals surface area contributed by atoms with Crippen LogP contribution in [-0.2, 0) is 4.74 Å². The van der Waals surface area contributed by atoms with Gasteiger partial charge in [0.1, 0.15) is 17.2 Å². The number of aromatic amines is 1. The number of methoxy groups -OCH3 is 1. The Morgan fingerprint density at radius 3 is 2.22 bits per heavy atom. The lowest BCUT2D eigenvalue weighted by Gasteiger charge is -2.06.